The van der Waals surface area contributed by atoms with Gasteiger partial charge in [0.15, 0.2) is 5.11 Å². The van der Waals surface area contributed by atoms with Crippen molar-refractivity contribution in [2.24, 2.45) is 10.8 Å². The molecule has 1 fully saturated rings. The minimum absolute atomic E-state index is 0.166. The van der Waals surface area contributed by atoms with E-state index >= 15 is 0 Å². The van der Waals surface area contributed by atoms with Crippen LogP contribution in [0.1, 0.15) is 11.8 Å². The fourth-order valence-electron chi connectivity index (χ4n) is 2.00. The van der Waals surface area contributed by atoms with Gasteiger partial charge in [-0.15, -0.1) is 11.3 Å². The summed E-state index contributed by atoms with van der Waals surface area (Å²) in [5.74, 6) is 0. The lowest BCUT2D eigenvalue weighted by atomic mass is 9.80. The molecule has 1 saturated heterocycles. The predicted molar refractivity (Wildman–Crippen MR) is 94.9 cm³/mol. The SMILES string of the molecule is C/C(=N/[N](C(N)=S)[Al]1[O]B(c2ccccc2)[O]1)c1cccs1. The molecule has 0 atom stereocenters. The monoisotopic (exact) mass is 345 g/mol. The first-order valence-electron chi connectivity index (χ1n) is 6.69. The van der Waals surface area contributed by atoms with Gasteiger partial charge in [0.1, 0.15) is 0 Å². The van der Waals surface area contributed by atoms with Gasteiger partial charge in [0.2, 0.25) is 0 Å². The zero-order valence-corrected chi connectivity index (χ0v) is 14.7. The summed E-state index contributed by atoms with van der Waals surface area (Å²) in [6.07, 6.45) is 0. The minimum Gasteiger partial charge on any atom is -0.500 e. The highest BCUT2D eigenvalue weighted by Gasteiger charge is 2.53. The van der Waals surface area contributed by atoms with Crippen LogP contribution in [0.5, 0.6) is 0 Å². The number of benzene rings is 1. The molecule has 1 aliphatic heterocycles. The second-order valence-electron chi connectivity index (χ2n) is 4.67. The fraction of sp³-hybridized carbons (Fsp3) is 0.0769. The van der Waals surface area contributed by atoms with Crippen LogP contribution in [0, 0.1) is 0 Å². The number of hydrogen-bond donors (Lipinski definition) is 1. The number of rotatable bonds is 4. The van der Waals surface area contributed by atoms with Crippen molar-refractivity contribution in [2.75, 3.05) is 0 Å². The van der Waals surface area contributed by atoms with Gasteiger partial charge in [-0.3, -0.25) is 3.99 Å². The van der Waals surface area contributed by atoms with Gasteiger partial charge >= 0.3 is 22.2 Å². The Morgan fingerprint density at radius 2 is 2.00 bits per heavy atom. The normalized spacial score (nSPS) is 14.7. The first-order valence-corrected chi connectivity index (χ1v) is 9.43. The van der Waals surface area contributed by atoms with E-state index in [1.807, 2.05) is 54.8 Å². The molecule has 0 radical (unpaired) electrons. The molecule has 2 heterocycles. The molecule has 22 heavy (non-hydrogen) atoms. The van der Waals surface area contributed by atoms with Crippen molar-refractivity contribution in [2.45, 2.75) is 6.92 Å². The maximum Gasteiger partial charge on any atom is 0.846 e. The van der Waals surface area contributed by atoms with Gasteiger partial charge in [-0.05, 0) is 36.1 Å². The molecule has 0 aliphatic carbocycles. The van der Waals surface area contributed by atoms with Gasteiger partial charge in [-0.2, -0.15) is 5.10 Å². The molecule has 1 aromatic carbocycles. The second-order valence-corrected chi connectivity index (χ2v) is 7.68. The van der Waals surface area contributed by atoms with Crippen molar-refractivity contribution in [1.82, 2.24) is 3.99 Å². The highest BCUT2D eigenvalue weighted by atomic mass is 32.1. The van der Waals surface area contributed by atoms with Gasteiger partial charge in [-0.1, -0.05) is 36.4 Å². The van der Waals surface area contributed by atoms with Gasteiger partial charge in [-0.25, -0.2) is 0 Å². The standard InChI is InChI=1S/C7H9N3S2.C6H5BO2.Al/c1-5(9-10-7(8)11)6-3-2-4-12-6;8-7(9)6-4-2-1-3-5-6;/h2-4H,1H3,(H3,8,10,11);1-5H;/q;-2;+3/p-1/b9-5-;;. The molecule has 5 nitrogen and oxygen atoms in total. The van der Waals surface area contributed by atoms with E-state index in [0.717, 1.165) is 16.1 Å². The molecule has 1 aliphatic rings. The van der Waals surface area contributed by atoms with Crippen LogP contribution in [0.3, 0.4) is 0 Å². The molecule has 0 amide bonds. The molecular formula is C13H13AlBN3O2S2. The Morgan fingerprint density at radius 3 is 2.59 bits per heavy atom. The topological polar surface area (TPSA) is 60.1 Å². The van der Waals surface area contributed by atoms with E-state index in [4.69, 9.17) is 25.4 Å². The summed E-state index contributed by atoms with van der Waals surface area (Å²) in [5, 5.41) is 6.64. The first-order chi connectivity index (χ1) is 10.6. The molecule has 0 saturated carbocycles. The number of nitrogens with zero attached hydrogens (tertiary/aromatic N) is 2. The van der Waals surface area contributed by atoms with Crippen molar-refractivity contribution in [3.8, 4) is 0 Å². The lowest BCUT2D eigenvalue weighted by Crippen LogP contribution is -2.64. The van der Waals surface area contributed by atoms with Crippen LogP contribution < -0.4 is 11.2 Å². The number of hydrogen-bond acceptors (Lipinski definition) is 5. The molecule has 2 aromatic rings. The largest absolute Gasteiger partial charge is 0.846 e. The van der Waals surface area contributed by atoms with Crippen molar-refractivity contribution in [1.29, 1.82) is 0 Å². The summed E-state index contributed by atoms with van der Waals surface area (Å²) >= 11 is 4.51. The van der Waals surface area contributed by atoms with Crippen molar-refractivity contribution >= 4 is 62.0 Å². The molecule has 0 spiro atoms. The van der Waals surface area contributed by atoms with E-state index in [2.05, 4.69) is 5.10 Å². The van der Waals surface area contributed by atoms with Crippen LogP contribution in [0.15, 0.2) is 52.9 Å². The average Bonchev–Trinajstić information content (AvgIpc) is 2.99. The third-order valence-corrected chi connectivity index (χ3v) is 6.22. The maximum absolute atomic E-state index is 5.84. The summed E-state index contributed by atoms with van der Waals surface area (Å²) < 4.78 is 13.2. The van der Waals surface area contributed by atoms with Crippen LogP contribution in [0.4, 0.5) is 0 Å². The van der Waals surface area contributed by atoms with Crippen molar-refractivity contribution in [3.63, 3.8) is 0 Å². The summed E-state index contributed by atoms with van der Waals surface area (Å²) in [7, 11) is -0.355. The first kappa shape index (κ1) is 15.7. The van der Waals surface area contributed by atoms with Crippen LogP contribution in [-0.4, -0.2) is 37.0 Å². The lowest BCUT2D eigenvalue weighted by Gasteiger charge is -2.35. The smallest absolute Gasteiger partial charge is 0.500 e. The second kappa shape index (κ2) is 6.92. The highest BCUT2D eigenvalue weighted by Crippen LogP contribution is 2.16. The Morgan fingerprint density at radius 1 is 1.27 bits per heavy atom. The summed E-state index contributed by atoms with van der Waals surface area (Å²) in [5.41, 5.74) is 7.58. The molecular weight excluding hydrogens is 332 g/mol. The van der Waals surface area contributed by atoms with Crippen molar-refractivity contribution in [3.05, 3.63) is 52.7 Å². The Balaban J connectivity index is 1.69. The minimum atomic E-state index is -2.18. The number of thiocarbonyl (C=S) groups is 1. The molecule has 2 N–H and O–H groups in total. The van der Waals surface area contributed by atoms with E-state index in [0.29, 0.717) is 0 Å². The van der Waals surface area contributed by atoms with Gasteiger partial charge in [0.25, 0.3) is 0 Å². The Kier molecular flexibility index (Phi) is 4.93. The molecule has 110 valence electrons. The Labute approximate surface area is 143 Å². The average molecular weight is 345 g/mol. The Hall–Kier alpha value is -1.20. The molecule has 9 heteroatoms. The van der Waals surface area contributed by atoms with Crippen LogP contribution in [0.25, 0.3) is 0 Å². The van der Waals surface area contributed by atoms with E-state index in [1.165, 1.54) is 3.99 Å². The molecule has 0 unspecified atom stereocenters. The fourth-order valence-corrected chi connectivity index (χ4v) is 4.43. The summed E-state index contributed by atoms with van der Waals surface area (Å²) in [6, 6.07) is 13.7. The van der Waals surface area contributed by atoms with Crippen LogP contribution in [-0.2, 0) is 7.41 Å². The van der Waals surface area contributed by atoms with E-state index in [1.54, 1.807) is 11.3 Å². The Bertz CT molecular complexity index is 678. The third-order valence-electron chi connectivity index (χ3n) is 3.11. The lowest BCUT2D eigenvalue weighted by molar-refractivity contribution is 0.244. The number of hydrazone groups is 1. The predicted octanol–water partition coefficient (Wildman–Crippen LogP) is 1.44. The maximum atomic E-state index is 5.84. The van der Waals surface area contributed by atoms with Gasteiger partial charge < -0.3 is 13.1 Å². The van der Waals surface area contributed by atoms with Crippen LogP contribution in [0.2, 0.25) is 0 Å². The molecule has 3 rings (SSSR count). The summed E-state index contributed by atoms with van der Waals surface area (Å²) in [6.45, 7) is 1.92. The molecule has 0 bridgehead atoms. The summed E-state index contributed by atoms with van der Waals surface area (Å²) in [4.78, 5) is 1.06. The third kappa shape index (κ3) is 3.41. The zero-order chi connectivity index (χ0) is 15.5. The zero-order valence-electron chi connectivity index (χ0n) is 11.9. The van der Waals surface area contributed by atoms with Crippen LogP contribution >= 0.6 is 23.6 Å². The molecule has 1 aromatic heterocycles. The van der Waals surface area contributed by atoms with Gasteiger partial charge in [0, 0.05) is 4.88 Å². The van der Waals surface area contributed by atoms with Crippen molar-refractivity contribution < 1.29 is 7.41 Å². The quantitative estimate of drug-likeness (QED) is 0.393. The highest BCUT2D eigenvalue weighted by molar-refractivity contribution is 7.80. The number of nitrogens with two attached hydrogens (primary N) is 1. The van der Waals surface area contributed by atoms with Gasteiger partial charge in [0.05, 0.1) is 5.71 Å². The number of thiophene rings is 1. The van der Waals surface area contributed by atoms with E-state index in [-0.39, 0.29) is 12.2 Å². The van der Waals surface area contributed by atoms with E-state index < -0.39 is 15.0 Å². The van der Waals surface area contributed by atoms with E-state index in [9.17, 15) is 0 Å².